The number of carbonyl (C=O) groups is 1. The third-order valence-electron chi connectivity index (χ3n) is 2.02. The molecule has 0 aliphatic heterocycles. The van der Waals surface area contributed by atoms with Crippen molar-refractivity contribution in [2.75, 3.05) is 0 Å². The van der Waals surface area contributed by atoms with E-state index >= 15 is 0 Å². The number of oxazole rings is 1. The molecule has 1 aromatic carbocycles. The van der Waals surface area contributed by atoms with Gasteiger partial charge in [0, 0.05) is 6.07 Å². The lowest BCUT2D eigenvalue weighted by atomic mass is 10.3. The molecule has 0 bridgehead atoms. The van der Waals surface area contributed by atoms with Gasteiger partial charge in [-0.3, -0.25) is 0 Å². The van der Waals surface area contributed by atoms with Gasteiger partial charge < -0.3 is 14.3 Å². The molecular weight excluding hydrogens is 248 g/mol. The maximum atomic E-state index is 12.8. The van der Waals surface area contributed by atoms with E-state index in [4.69, 9.17) is 14.3 Å². The zero-order valence-corrected chi connectivity index (χ0v) is 8.89. The predicted molar refractivity (Wildman–Crippen MR) is 54.2 cm³/mol. The Hall–Kier alpha value is -2.44. The summed E-state index contributed by atoms with van der Waals surface area (Å²) in [6.07, 6.45) is 0.965. The third-order valence-corrected chi connectivity index (χ3v) is 2.02. The Morgan fingerprint density at radius 3 is 2.78 bits per heavy atom. The average molecular weight is 255 g/mol. The average Bonchev–Trinajstić information content (AvgIpc) is 2.79. The Labute approximate surface area is 99.6 Å². The van der Waals surface area contributed by atoms with E-state index in [-0.39, 0.29) is 23.9 Å². The van der Waals surface area contributed by atoms with Gasteiger partial charge in [0.2, 0.25) is 5.89 Å². The zero-order valence-electron chi connectivity index (χ0n) is 8.89. The van der Waals surface area contributed by atoms with E-state index in [0.29, 0.717) is 0 Å². The standard InChI is InChI=1S/C11H7F2NO4/c12-7-2-1-6(3-8(7)13)17-5-10-14-9(4-18-10)11(15)16/h1-4H,5H2,(H,15,16). The van der Waals surface area contributed by atoms with Crippen LogP contribution in [0, 0.1) is 11.6 Å². The predicted octanol–water partition coefficient (Wildman–Crippen LogP) is 2.23. The summed E-state index contributed by atoms with van der Waals surface area (Å²) in [5.74, 6) is -3.13. The maximum Gasteiger partial charge on any atom is 0.357 e. The molecule has 2 rings (SSSR count). The molecule has 5 nitrogen and oxygen atoms in total. The highest BCUT2D eigenvalue weighted by Gasteiger charge is 2.11. The topological polar surface area (TPSA) is 72.6 Å². The number of nitrogens with zero attached hydrogens (tertiary/aromatic N) is 1. The number of rotatable bonds is 4. The molecule has 0 atom stereocenters. The Morgan fingerprint density at radius 2 is 2.17 bits per heavy atom. The van der Waals surface area contributed by atoms with E-state index in [1.165, 1.54) is 6.07 Å². The van der Waals surface area contributed by atoms with Crippen LogP contribution in [0.25, 0.3) is 0 Å². The first kappa shape index (κ1) is 12.0. The van der Waals surface area contributed by atoms with Crippen molar-refractivity contribution < 1.29 is 27.8 Å². The van der Waals surface area contributed by atoms with E-state index < -0.39 is 17.6 Å². The van der Waals surface area contributed by atoms with Crippen LogP contribution in [0.15, 0.2) is 28.9 Å². The van der Waals surface area contributed by atoms with Gasteiger partial charge in [-0.15, -0.1) is 0 Å². The number of ether oxygens (including phenoxy) is 1. The molecule has 0 radical (unpaired) electrons. The molecule has 0 aliphatic carbocycles. The van der Waals surface area contributed by atoms with Gasteiger partial charge >= 0.3 is 5.97 Å². The van der Waals surface area contributed by atoms with Crippen molar-refractivity contribution >= 4 is 5.97 Å². The number of halogens is 2. The Bertz CT molecular complexity index is 582. The summed E-state index contributed by atoms with van der Waals surface area (Å²) in [5, 5.41) is 8.60. The Morgan fingerprint density at radius 1 is 1.39 bits per heavy atom. The van der Waals surface area contributed by atoms with Crippen LogP contribution in [0.1, 0.15) is 16.4 Å². The van der Waals surface area contributed by atoms with Crippen molar-refractivity contribution in [3.63, 3.8) is 0 Å². The molecule has 0 unspecified atom stereocenters. The van der Waals surface area contributed by atoms with Crippen molar-refractivity contribution in [3.05, 3.63) is 47.7 Å². The van der Waals surface area contributed by atoms with Crippen molar-refractivity contribution in [2.45, 2.75) is 6.61 Å². The number of hydrogen-bond acceptors (Lipinski definition) is 4. The van der Waals surface area contributed by atoms with Crippen molar-refractivity contribution in [1.29, 1.82) is 0 Å². The van der Waals surface area contributed by atoms with Crippen LogP contribution in [-0.2, 0) is 6.61 Å². The van der Waals surface area contributed by atoms with Gasteiger partial charge in [0.25, 0.3) is 0 Å². The first-order valence-corrected chi connectivity index (χ1v) is 4.82. The first-order chi connectivity index (χ1) is 8.56. The maximum absolute atomic E-state index is 12.8. The molecule has 7 heteroatoms. The van der Waals surface area contributed by atoms with Gasteiger partial charge in [0.05, 0.1) is 0 Å². The minimum atomic E-state index is -1.22. The van der Waals surface area contributed by atoms with E-state index in [0.717, 1.165) is 18.4 Å². The molecule has 1 N–H and O–H groups in total. The lowest BCUT2D eigenvalue weighted by Crippen LogP contribution is -1.99. The van der Waals surface area contributed by atoms with Crippen molar-refractivity contribution in [3.8, 4) is 5.75 Å². The van der Waals surface area contributed by atoms with Gasteiger partial charge in [-0.2, -0.15) is 0 Å². The van der Waals surface area contributed by atoms with Gasteiger partial charge in [-0.1, -0.05) is 0 Å². The number of carboxylic acid groups (broad SMARTS) is 1. The number of benzene rings is 1. The first-order valence-electron chi connectivity index (χ1n) is 4.82. The van der Waals surface area contributed by atoms with E-state index in [2.05, 4.69) is 4.98 Å². The van der Waals surface area contributed by atoms with Crippen LogP contribution >= 0.6 is 0 Å². The molecule has 0 fully saturated rings. The lowest BCUT2D eigenvalue weighted by Gasteiger charge is -2.03. The summed E-state index contributed by atoms with van der Waals surface area (Å²) in [5.41, 5.74) is -0.251. The fourth-order valence-electron chi connectivity index (χ4n) is 1.19. The summed E-state index contributed by atoms with van der Waals surface area (Å²) in [4.78, 5) is 14.1. The summed E-state index contributed by atoms with van der Waals surface area (Å²) < 4.78 is 35.4. The lowest BCUT2D eigenvalue weighted by molar-refractivity contribution is 0.0690. The van der Waals surface area contributed by atoms with Crippen LogP contribution in [-0.4, -0.2) is 16.1 Å². The molecule has 0 spiro atoms. The molecule has 18 heavy (non-hydrogen) atoms. The quantitative estimate of drug-likeness (QED) is 0.906. The second-order valence-corrected chi connectivity index (χ2v) is 3.30. The van der Waals surface area contributed by atoms with Crippen molar-refractivity contribution in [2.24, 2.45) is 0 Å². The largest absolute Gasteiger partial charge is 0.484 e. The second kappa shape index (κ2) is 4.82. The van der Waals surface area contributed by atoms with Crippen LogP contribution in [0.4, 0.5) is 8.78 Å². The molecule has 1 heterocycles. The smallest absolute Gasteiger partial charge is 0.357 e. The highest BCUT2D eigenvalue weighted by molar-refractivity contribution is 5.84. The fraction of sp³-hybridized carbons (Fsp3) is 0.0909. The van der Waals surface area contributed by atoms with E-state index in [9.17, 15) is 13.6 Å². The molecule has 94 valence electrons. The van der Waals surface area contributed by atoms with Crippen LogP contribution in [0.3, 0.4) is 0 Å². The molecule has 0 saturated heterocycles. The third kappa shape index (κ3) is 2.62. The van der Waals surface area contributed by atoms with Crippen molar-refractivity contribution in [1.82, 2.24) is 4.98 Å². The fourth-order valence-corrected chi connectivity index (χ4v) is 1.19. The number of aromatic nitrogens is 1. The number of hydrogen-bond donors (Lipinski definition) is 1. The van der Waals surface area contributed by atoms with Gasteiger partial charge in [0.15, 0.2) is 23.9 Å². The normalized spacial score (nSPS) is 10.3. The molecule has 2 aromatic rings. The summed E-state index contributed by atoms with van der Waals surface area (Å²) in [6, 6.07) is 3.03. The molecule has 1 aromatic heterocycles. The summed E-state index contributed by atoms with van der Waals surface area (Å²) in [6.45, 7) is -0.182. The summed E-state index contributed by atoms with van der Waals surface area (Å²) >= 11 is 0. The van der Waals surface area contributed by atoms with Gasteiger partial charge in [-0.05, 0) is 12.1 Å². The summed E-state index contributed by atoms with van der Waals surface area (Å²) in [7, 11) is 0. The Balaban J connectivity index is 2.02. The Kier molecular flexibility index (Phi) is 3.22. The van der Waals surface area contributed by atoms with Crippen LogP contribution in [0.5, 0.6) is 5.75 Å². The van der Waals surface area contributed by atoms with E-state index in [1.54, 1.807) is 0 Å². The van der Waals surface area contributed by atoms with E-state index in [1.807, 2.05) is 0 Å². The molecule has 0 amide bonds. The highest BCUT2D eigenvalue weighted by atomic mass is 19.2. The minimum Gasteiger partial charge on any atom is -0.484 e. The highest BCUT2D eigenvalue weighted by Crippen LogP contribution is 2.16. The van der Waals surface area contributed by atoms with Crippen LogP contribution < -0.4 is 4.74 Å². The van der Waals surface area contributed by atoms with Gasteiger partial charge in [-0.25, -0.2) is 18.6 Å². The molecule has 0 aliphatic rings. The SMILES string of the molecule is O=C(O)c1coc(COc2ccc(F)c(F)c2)n1. The number of carboxylic acids is 1. The minimum absolute atomic E-state index is 0.0251. The monoisotopic (exact) mass is 255 g/mol. The number of aromatic carboxylic acids is 1. The zero-order chi connectivity index (χ0) is 13.1. The van der Waals surface area contributed by atoms with Crippen LogP contribution in [0.2, 0.25) is 0 Å². The van der Waals surface area contributed by atoms with Gasteiger partial charge in [0.1, 0.15) is 12.0 Å². The second-order valence-electron chi connectivity index (χ2n) is 3.30. The molecular formula is C11H7F2NO4. The molecule has 0 saturated carbocycles.